The van der Waals surface area contributed by atoms with E-state index in [1.807, 2.05) is 55.1 Å². The normalized spacial score (nSPS) is 14.7. The lowest BCUT2D eigenvalue weighted by Crippen LogP contribution is -2.48. The summed E-state index contributed by atoms with van der Waals surface area (Å²) in [6, 6.07) is 16.4. The summed E-state index contributed by atoms with van der Waals surface area (Å²) in [7, 11) is 0. The minimum absolute atomic E-state index is 0.159. The molecule has 2 aromatic carbocycles. The van der Waals surface area contributed by atoms with Crippen LogP contribution >= 0.6 is 0 Å². The summed E-state index contributed by atoms with van der Waals surface area (Å²) in [6.07, 6.45) is 0. The Labute approximate surface area is 191 Å². The van der Waals surface area contributed by atoms with E-state index in [-0.39, 0.29) is 11.5 Å². The second kappa shape index (κ2) is 8.63. The van der Waals surface area contributed by atoms with Crippen LogP contribution in [-0.2, 0) is 6.54 Å². The van der Waals surface area contributed by atoms with Crippen LogP contribution in [0.2, 0.25) is 0 Å². The van der Waals surface area contributed by atoms with Crippen LogP contribution < -0.4 is 5.56 Å². The van der Waals surface area contributed by atoms with Crippen molar-refractivity contribution in [3.05, 3.63) is 87.7 Å². The molecule has 4 aromatic rings. The predicted molar refractivity (Wildman–Crippen MR) is 124 cm³/mol. The zero-order chi connectivity index (χ0) is 22.9. The summed E-state index contributed by atoms with van der Waals surface area (Å²) in [5.74, 6) is 0.678. The average molecular weight is 444 g/mol. The van der Waals surface area contributed by atoms with Crippen LogP contribution in [0.15, 0.2) is 63.9 Å². The van der Waals surface area contributed by atoms with Gasteiger partial charge in [-0.3, -0.25) is 14.5 Å². The quantitative estimate of drug-likeness (QED) is 0.482. The van der Waals surface area contributed by atoms with Crippen molar-refractivity contribution in [3.8, 4) is 5.69 Å². The Bertz CT molecular complexity index is 1350. The number of carbonyl (C=O) groups is 1. The molecule has 2 aromatic heterocycles. The number of benzene rings is 2. The zero-order valence-electron chi connectivity index (χ0n) is 18.7. The van der Waals surface area contributed by atoms with Crippen LogP contribution in [0.4, 0.5) is 0 Å². The van der Waals surface area contributed by atoms with Crippen molar-refractivity contribution in [2.45, 2.75) is 20.4 Å². The number of piperazine rings is 1. The molecule has 1 saturated heterocycles. The maximum atomic E-state index is 13.5. The summed E-state index contributed by atoms with van der Waals surface area (Å²) in [4.78, 5) is 30.7. The molecule has 0 N–H and O–H groups in total. The van der Waals surface area contributed by atoms with E-state index in [4.69, 9.17) is 4.52 Å². The first-order valence-corrected chi connectivity index (χ1v) is 11.0. The number of aryl methyl sites for hydroxylation is 2. The molecule has 3 heterocycles. The van der Waals surface area contributed by atoms with E-state index >= 15 is 0 Å². The molecule has 1 amide bonds. The number of nitrogens with zero attached hydrogens (tertiary/aromatic N) is 5. The lowest BCUT2D eigenvalue weighted by atomic mass is 10.1. The number of rotatable bonds is 4. The second-order valence-corrected chi connectivity index (χ2v) is 8.32. The number of para-hydroxylation sites is 1. The lowest BCUT2D eigenvalue weighted by molar-refractivity contribution is 0.0622. The van der Waals surface area contributed by atoms with Crippen molar-refractivity contribution >= 4 is 16.7 Å². The molecule has 8 nitrogen and oxygen atoms in total. The van der Waals surface area contributed by atoms with Gasteiger partial charge in [-0.05, 0) is 32.0 Å². The topological polar surface area (TPSA) is 84.5 Å². The van der Waals surface area contributed by atoms with Crippen LogP contribution in [-0.4, -0.2) is 56.8 Å². The van der Waals surface area contributed by atoms with Gasteiger partial charge in [0, 0.05) is 43.7 Å². The van der Waals surface area contributed by atoms with Gasteiger partial charge in [-0.2, -0.15) is 9.78 Å². The monoisotopic (exact) mass is 443 g/mol. The van der Waals surface area contributed by atoms with Gasteiger partial charge in [0.2, 0.25) is 0 Å². The minimum Gasteiger partial charge on any atom is -0.361 e. The fourth-order valence-corrected chi connectivity index (χ4v) is 4.30. The largest absolute Gasteiger partial charge is 0.361 e. The molecular formula is C25H25N5O3. The lowest BCUT2D eigenvalue weighted by Gasteiger charge is -2.34. The Morgan fingerprint density at radius 3 is 2.27 bits per heavy atom. The zero-order valence-corrected chi connectivity index (χ0v) is 18.7. The van der Waals surface area contributed by atoms with E-state index in [1.165, 1.54) is 4.68 Å². The number of amides is 1. The molecule has 33 heavy (non-hydrogen) atoms. The van der Waals surface area contributed by atoms with Crippen molar-refractivity contribution in [1.82, 2.24) is 24.7 Å². The molecule has 5 rings (SSSR count). The Morgan fingerprint density at radius 1 is 0.939 bits per heavy atom. The second-order valence-electron chi connectivity index (χ2n) is 8.32. The summed E-state index contributed by atoms with van der Waals surface area (Å²) in [6.45, 7) is 7.28. The Kier molecular flexibility index (Phi) is 5.51. The van der Waals surface area contributed by atoms with E-state index in [0.29, 0.717) is 35.2 Å². The highest BCUT2D eigenvalue weighted by Crippen LogP contribution is 2.20. The Balaban J connectivity index is 1.42. The highest BCUT2D eigenvalue weighted by molar-refractivity contribution is 6.04. The molecule has 8 heteroatoms. The first kappa shape index (κ1) is 21.1. The van der Waals surface area contributed by atoms with Crippen LogP contribution in [0.3, 0.4) is 0 Å². The molecule has 168 valence electrons. The fraction of sp³-hybridized carbons (Fsp3) is 0.280. The third kappa shape index (κ3) is 3.93. The van der Waals surface area contributed by atoms with Gasteiger partial charge in [0.15, 0.2) is 5.69 Å². The number of hydrogen-bond donors (Lipinski definition) is 0. The number of carbonyl (C=O) groups excluding carboxylic acids is 1. The SMILES string of the molecule is Cc1noc(C)c1CN1CCN(C(=O)c2nn(-c3ccccc3)c(=O)c3ccccc23)CC1. The molecule has 0 bridgehead atoms. The Hall–Kier alpha value is -3.78. The van der Waals surface area contributed by atoms with Gasteiger partial charge in [-0.15, -0.1) is 0 Å². The van der Waals surface area contributed by atoms with Gasteiger partial charge in [-0.25, -0.2) is 0 Å². The third-order valence-corrected chi connectivity index (χ3v) is 6.23. The van der Waals surface area contributed by atoms with Crippen molar-refractivity contribution < 1.29 is 9.32 Å². The molecule has 1 aliphatic rings. The van der Waals surface area contributed by atoms with Crippen molar-refractivity contribution in [1.29, 1.82) is 0 Å². The minimum atomic E-state index is -0.238. The van der Waals surface area contributed by atoms with Crippen LogP contribution in [0.25, 0.3) is 16.5 Å². The predicted octanol–water partition coefficient (Wildman–Crippen LogP) is 2.95. The van der Waals surface area contributed by atoms with E-state index in [0.717, 1.165) is 36.7 Å². The molecule has 0 atom stereocenters. The first-order chi connectivity index (χ1) is 16.0. The maximum absolute atomic E-state index is 13.5. The van der Waals surface area contributed by atoms with Gasteiger partial charge in [0.1, 0.15) is 5.76 Å². The fourth-order valence-electron chi connectivity index (χ4n) is 4.30. The summed E-state index contributed by atoms with van der Waals surface area (Å²) in [5, 5.41) is 9.62. The number of fused-ring (bicyclic) bond motifs is 1. The molecule has 0 spiro atoms. The average Bonchev–Trinajstić information content (AvgIpc) is 3.17. The van der Waals surface area contributed by atoms with Crippen LogP contribution in [0.1, 0.15) is 27.5 Å². The van der Waals surface area contributed by atoms with Crippen molar-refractivity contribution in [2.24, 2.45) is 0 Å². The summed E-state index contributed by atoms with van der Waals surface area (Å²) in [5.41, 5.74) is 2.71. The number of aromatic nitrogens is 3. The molecular weight excluding hydrogens is 418 g/mol. The standard InChI is InChI=1S/C25H25N5O3/c1-17-22(18(2)33-27-17)16-28-12-14-29(15-13-28)25(32)23-20-10-6-7-11-21(20)24(31)30(26-23)19-8-4-3-5-9-19/h3-11H,12-16H2,1-2H3. The smallest absolute Gasteiger partial charge is 0.279 e. The molecule has 0 unspecified atom stereocenters. The van der Waals surface area contributed by atoms with Crippen LogP contribution in [0, 0.1) is 13.8 Å². The molecule has 1 fully saturated rings. The van der Waals surface area contributed by atoms with Gasteiger partial charge in [0.25, 0.3) is 11.5 Å². The summed E-state index contributed by atoms with van der Waals surface area (Å²) < 4.78 is 6.60. The van der Waals surface area contributed by atoms with Crippen molar-refractivity contribution in [3.63, 3.8) is 0 Å². The van der Waals surface area contributed by atoms with E-state index < -0.39 is 0 Å². The third-order valence-electron chi connectivity index (χ3n) is 6.23. The van der Waals surface area contributed by atoms with Gasteiger partial charge < -0.3 is 9.42 Å². The highest BCUT2D eigenvalue weighted by Gasteiger charge is 2.27. The van der Waals surface area contributed by atoms with E-state index in [9.17, 15) is 9.59 Å². The Morgan fingerprint density at radius 2 is 1.61 bits per heavy atom. The molecule has 0 radical (unpaired) electrons. The van der Waals surface area contributed by atoms with Gasteiger partial charge >= 0.3 is 0 Å². The summed E-state index contributed by atoms with van der Waals surface area (Å²) >= 11 is 0. The first-order valence-electron chi connectivity index (χ1n) is 11.0. The number of hydrogen-bond acceptors (Lipinski definition) is 6. The van der Waals surface area contributed by atoms with Crippen molar-refractivity contribution in [2.75, 3.05) is 26.2 Å². The maximum Gasteiger partial charge on any atom is 0.279 e. The van der Waals surface area contributed by atoms with E-state index in [2.05, 4.69) is 15.2 Å². The highest BCUT2D eigenvalue weighted by atomic mass is 16.5. The van der Waals surface area contributed by atoms with E-state index in [1.54, 1.807) is 18.2 Å². The molecule has 1 aliphatic heterocycles. The van der Waals surface area contributed by atoms with Crippen LogP contribution in [0.5, 0.6) is 0 Å². The molecule has 0 saturated carbocycles. The molecule has 0 aliphatic carbocycles. The van der Waals surface area contributed by atoms with Gasteiger partial charge in [0.05, 0.1) is 16.8 Å². The van der Waals surface area contributed by atoms with Gasteiger partial charge in [-0.1, -0.05) is 41.6 Å².